The Balaban J connectivity index is -0.0000000950. The minimum absolute atomic E-state index is 0. The molecule has 0 bridgehead atoms. The maximum absolute atomic E-state index is 10.3. The fourth-order valence-corrected chi connectivity index (χ4v) is 1.88. The molecule has 2 unspecified atom stereocenters. The van der Waals surface area contributed by atoms with Crippen LogP contribution in [0.5, 0.6) is 0 Å². The molecule has 0 saturated heterocycles. The van der Waals surface area contributed by atoms with Crippen LogP contribution in [0.25, 0.3) is 0 Å². The first-order chi connectivity index (χ1) is 12.9. The molecular formula is C22H44O6Zr. The van der Waals surface area contributed by atoms with Crippen molar-refractivity contribution in [2.75, 3.05) is 0 Å². The van der Waals surface area contributed by atoms with Crippen LogP contribution in [-0.2, 0) is 35.8 Å². The summed E-state index contributed by atoms with van der Waals surface area (Å²) in [6.45, 7) is 14.3. The molecule has 7 heteroatoms. The van der Waals surface area contributed by atoms with Crippen molar-refractivity contribution in [3.63, 3.8) is 0 Å². The quantitative estimate of drug-likeness (QED) is 0.451. The summed E-state index contributed by atoms with van der Waals surface area (Å²) < 4.78 is 0. The van der Waals surface area contributed by atoms with E-state index in [4.69, 9.17) is 0 Å². The van der Waals surface area contributed by atoms with E-state index in [1.165, 1.54) is 0 Å². The van der Waals surface area contributed by atoms with E-state index in [9.17, 15) is 30.0 Å². The van der Waals surface area contributed by atoms with Crippen LogP contribution in [0.4, 0.5) is 0 Å². The van der Waals surface area contributed by atoms with Gasteiger partial charge in [-0.05, 0) is 37.5 Å². The zero-order chi connectivity index (χ0) is 23.1. The second-order valence-corrected chi connectivity index (χ2v) is 7.23. The Labute approximate surface area is 198 Å². The summed E-state index contributed by atoms with van der Waals surface area (Å²) in [5, 5.41) is 39.7. The summed E-state index contributed by atoms with van der Waals surface area (Å²) in [7, 11) is 0. The molecule has 0 aromatic carbocycles. The van der Waals surface area contributed by atoms with Crippen molar-refractivity contribution in [3.8, 4) is 0 Å². The average molecular weight is 496 g/mol. The van der Waals surface area contributed by atoms with E-state index in [1.54, 1.807) is 27.7 Å². The smallest absolute Gasteiger partial charge is 0.852 e. The van der Waals surface area contributed by atoms with Gasteiger partial charge in [0.25, 0.3) is 0 Å². The third-order valence-corrected chi connectivity index (χ3v) is 3.46. The zero-order valence-corrected chi connectivity index (χ0v) is 22.4. The summed E-state index contributed by atoms with van der Waals surface area (Å²) in [6.07, 6.45) is 6.21. The minimum Gasteiger partial charge on any atom is -0.852 e. The standard InChI is InChI=1S/2C8H16O2.2C3H7O.Zr/c2*1-3-5-6-7(4-2)8(9)10;2*1-3(2)4;/h2*7H,3-6H2,1-2H3,(H,9,10);2*3H,1-2H3;/q;;2*-1;+4/p-2. The molecule has 0 aliphatic heterocycles. The summed E-state index contributed by atoms with van der Waals surface area (Å²) in [5.74, 6) is -2.23. The van der Waals surface area contributed by atoms with Crippen LogP contribution in [0.15, 0.2) is 0 Å². The van der Waals surface area contributed by atoms with Gasteiger partial charge in [0.2, 0.25) is 0 Å². The van der Waals surface area contributed by atoms with Gasteiger partial charge in [-0.25, -0.2) is 0 Å². The minimum atomic E-state index is -0.893. The first kappa shape index (κ1) is 39.2. The molecule has 0 rings (SSSR count). The Hall–Kier alpha value is -0.257. The summed E-state index contributed by atoms with van der Waals surface area (Å²) in [4.78, 5) is 20.7. The first-order valence-electron chi connectivity index (χ1n) is 10.6. The largest absolute Gasteiger partial charge is 4.00 e. The predicted octanol–water partition coefficient (Wildman–Crippen LogP) is 1.41. The van der Waals surface area contributed by atoms with Gasteiger partial charge in [0, 0.05) is 11.9 Å². The number of carbonyl (C=O) groups excluding carboxylic acids is 2. The average Bonchev–Trinajstić information content (AvgIpc) is 2.55. The summed E-state index contributed by atoms with van der Waals surface area (Å²) >= 11 is 0. The molecule has 0 radical (unpaired) electrons. The molecule has 0 saturated carbocycles. The molecule has 2 atom stereocenters. The van der Waals surface area contributed by atoms with Gasteiger partial charge in [-0.15, -0.1) is 12.2 Å². The number of rotatable bonds is 10. The van der Waals surface area contributed by atoms with Crippen molar-refractivity contribution in [2.24, 2.45) is 11.8 Å². The van der Waals surface area contributed by atoms with Gasteiger partial charge < -0.3 is 30.0 Å². The van der Waals surface area contributed by atoms with Crippen molar-refractivity contribution in [2.45, 2.75) is 119 Å². The topological polar surface area (TPSA) is 126 Å². The van der Waals surface area contributed by atoms with Gasteiger partial charge in [0.15, 0.2) is 0 Å². The second-order valence-electron chi connectivity index (χ2n) is 7.23. The van der Waals surface area contributed by atoms with Crippen molar-refractivity contribution in [1.29, 1.82) is 0 Å². The zero-order valence-electron chi connectivity index (χ0n) is 19.9. The molecule has 0 amide bonds. The predicted molar refractivity (Wildman–Crippen MR) is 107 cm³/mol. The molecule has 0 spiro atoms. The fourth-order valence-electron chi connectivity index (χ4n) is 1.88. The molecule has 0 heterocycles. The summed E-state index contributed by atoms with van der Waals surface area (Å²) in [5.41, 5.74) is 0. The molecule has 0 aromatic heterocycles. The van der Waals surface area contributed by atoms with Gasteiger partial charge in [-0.1, -0.05) is 81.1 Å². The molecule has 6 nitrogen and oxygen atoms in total. The number of aliphatic carboxylic acids is 2. The third kappa shape index (κ3) is 47.2. The van der Waals surface area contributed by atoms with Gasteiger partial charge in [-0.2, -0.15) is 0 Å². The van der Waals surface area contributed by atoms with Gasteiger partial charge >= 0.3 is 26.2 Å². The van der Waals surface area contributed by atoms with Crippen molar-refractivity contribution in [3.05, 3.63) is 0 Å². The Morgan fingerprint density at radius 1 is 0.655 bits per heavy atom. The van der Waals surface area contributed by atoms with Gasteiger partial charge in [-0.3, -0.25) is 0 Å². The molecule has 0 N–H and O–H groups in total. The molecule has 0 aliphatic carbocycles. The van der Waals surface area contributed by atoms with Crippen molar-refractivity contribution >= 4 is 11.9 Å². The second kappa shape index (κ2) is 29.9. The normalized spacial score (nSPS) is 11.4. The molecule has 172 valence electrons. The van der Waals surface area contributed by atoms with Gasteiger partial charge in [0.1, 0.15) is 0 Å². The number of unbranched alkanes of at least 4 members (excludes halogenated alkanes) is 2. The van der Waals surface area contributed by atoms with Crippen LogP contribution in [0.2, 0.25) is 0 Å². The Kier molecular flexibility index (Phi) is 40.5. The van der Waals surface area contributed by atoms with Crippen molar-refractivity contribution < 1.29 is 56.2 Å². The monoisotopic (exact) mass is 494 g/mol. The maximum Gasteiger partial charge on any atom is 4.00 e. The number of carboxylic acid groups (broad SMARTS) is 2. The summed E-state index contributed by atoms with van der Waals surface area (Å²) in [6, 6.07) is 0. The van der Waals surface area contributed by atoms with E-state index in [0.717, 1.165) is 38.5 Å². The van der Waals surface area contributed by atoms with E-state index in [2.05, 4.69) is 13.8 Å². The number of carbonyl (C=O) groups is 2. The SMILES string of the molecule is CC(C)[O-].CC(C)[O-].CCCCC(CC)C(=O)[O-].CCCCC(CC)C(=O)[O-].[Zr+4]. The van der Waals surface area contributed by atoms with Crippen LogP contribution in [0.1, 0.15) is 107 Å². The third-order valence-electron chi connectivity index (χ3n) is 3.46. The number of hydrogen-bond donors (Lipinski definition) is 0. The van der Waals surface area contributed by atoms with E-state index in [-0.39, 0.29) is 38.0 Å². The van der Waals surface area contributed by atoms with Crippen LogP contribution in [0, 0.1) is 11.8 Å². The number of hydrogen-bond acceptors (Lipinski definition) is 6. The molecule has 0 aliphatic rings. The number of carboxylic acids is 2. The van der Waals surface area contributed by atoms with E-state index in [1.807, 2.05) is 13.8 Å². The fraction of sp³-hybridized carbons (Fsp3) is 0.909. The van der Waals surface area contributed by atoms with Crippen molar-refractivity contribution in [1.82, 2.24) is 0 Å². The molecule has 29 heavy (non-hydrogen) atoms. The van der Waals surface area contributed by atoms with E-state index >= 15 is 0 Å². The van der Waals surface area contributed by atoms with Crippen LogP contribution >= 0.6 is 0 Å². The maximum atomic E-state index is 10.3. The molecule has 0 aromatic rings. The van der Waals surface area contributed by atoms with Gasteiger partial charge in [0.05, 0.1) is 0 Å². The van der Waals surface area contributed by atoms with E-state index < -0.39 is 24.1 Å². The van der Waals surface area contributed by atoms with Crippen LogP contribution < -0.4 is 20.4 Å². The molecule has 0 fully saturated rings. The molecular weight excluding hydrogens is 451 g/mol. The Morgan fingerprint density at radius 2 is 0.862 bits per heavy atom. The Morgan fingerprint density at radius 3 is 0.966 bits per heavy atom. The van der Waals surface area contributed by atoms with E-state index in [0.29, 0.717) is 12.8 Å². The first-order valence-corrected chi connectivity index (χ1v) is 10.6. The van der Waals surface area contributed by atoms with Crippen LogP contribution in [0.3, 0.4) is 0 Å². The Bertz CT molecular complexity index is 298. The van der Waals surface area contributed by atoms with Crippen LogP contribution in [-0.4, -0.2) is 24.1 Å².